The van der Waals surface area contributed by atoms with Crippen LogP contribution in [0.3, 0.4) is 0 Å². The minimum Gasteiger partial charge on any atom is -0.455 e. The van der Waals surface area contributed by atoms with Gasteiger partial charge in [-0.05, 0) is 38.3 Å². The van der Waals surface area contributed by atoms with Crippen molar-refractivity contribution in [3.05, 3.63) is 35.4 Å². The van der Waals surface area contributed by atoms with Gasteiger partial charge in [-0.2, -0.15) is 0 Å². The summed E-state index contributed by atoms with van der Waals surface area (Å²) in [5, 5.41) is 0. The molecule has 0 bridgehead atoms. The lowest BCUT2D eigenvalue weighted by Crippen LogP contribution is -2.26. The van der Waals surface area contributed by atoms with Crippen molar-refractivity contribution in [1.82, 2.24) is 0 Å². The highest BCUT2D eigenvalue weighted by molar-refractivity contribution is 5.70. The second kappa shape index (κ2) is 16.4. The zero-order valence-corrected chi connectivity index (χ0v) is 20.4. The van der Waals surface area contributed by atoms with E-state index < -0.39 is 5.60 Å². The highest BCUT2D eigenvalue weighted by Crippen LogP contribution is 2.28. The average Bonchev–Trinajstić information content (AvgIpc) is 2.70. The van der Waals surface area contributed by atoms with Gasteiger partial charge in [-0.1, -0.05) is 121 Å². The van der Waals surface area contributed by atoms with E-state index in [2.05, 4.69) is 26.0 Å². The summed E-state index contributed by atoms with van der Waals surface area (Å²) in [5.41, 5.74) is 1.70. The van der Waals surface area contributed by atoms with E-state index in [1.807, 2.05) is 26.0 Å². The van der Waals surface area contributed by atoms with Crippen LogP contribution in [0.5, 0.6) is 0 Å². The molecule has 30 heavy (non-hydrogen) atoms. The Hall–Kier alpha value is -1.31. The van der Waals surface area contributed by atoms with Crippen LogP contribution in [0.25, 0.3) is 0 Å². The number of hydrogen-bond acceptors (Lipinski definition) is 2. The second-order valence-electron chi connectivity index (χ2n) is 9.50. The van der Waals surface area contributed by atoms with Gasteiger partial charge in [0.2, 0.25) is 0 Å². The third-order valence-corrected chi connectivity index (χ3v) is 6.15. The topological polar surface area (TPSA) is 26.3 Å². The first-order valence-electron chi connectivity index (χ1n) is 12.8. The minimum atomic E-state index is -0.558. The monoisotopic (exact) mass is 416 g/mol. The molecular formula is C28H48O2. The molecule has 1 aromatic carbocycles. The number of unbranched alkanes of at least 4 members (excludes halogenated alkanes) is 14. The Morgan fingerprint density at radius 2 is 1.17 bits per heavy atom. The average molecular weight is 417 g/mol. The molecule has 0 saturated heterocycles. The number of ether oxygens (including phenoxy) is 1. The van der Waals surface area contributed by atoms with Gasteiger partial charge in [-0.15, -0.1) is 0 Å². The van der Waals surface area contributed by atoms with Gasteiger partial charge in [0.25, 0.3) is 0 Å². The van der Waals surface area contributed by atoms with Crippen LogP contribution in [-0.4, -0.2) is 5.97 Å². The molecule has 0 aromatic heterocycles. The Kier molecular flexibility index (Phi) is 14.6. The maximum atomic E-state index is 12.3. The van der Waals surface area contributed by atoms with Crippen molar-refractivity contribution in [3.63, 3.8) is 0 Å². The Morgan fingerprint density at radius 3 is 1.63 bits per heavy atom. The van der Waals surface area contributed by atoms with E-state index in [1.165, 1.54) is 89.0 Å². The molecule has 2 heteroatoms. The summed E-state index contributed by atoms with van der Waals surface area (Å²) >= 11 is 0. The molecule has 0 unspecified atom stereocenters. The van der Waals surface area contributed by atoms with Crippen molar-refractivity contribution < 1.29 is 9.53 Å². The highest BCUT2D eigenvalue weighted by atomic mass is 16.6. The summed E-state index contributed by atoms with van der Waals surface area (Å²) in [5.74, 6) is -0.0713. The molecule has 0 atom stereocenters. The third-order valence-electron chi connectivity index (χ3n) is 6.15. The molecule has 0 fully saturated rings. The van der Waals surface area contributed by atoms with Gasteiger partial charge in [0.1, 0.15) is 5.60 Å². The lowest BCUT2D eigenvalue weighted by atomic mass is 9.93. The molecule has 0 N–H and O–H groups in total. The molecule has 0 amide bonds. The number of benzene rings is 1. The molecule has 0 aliphatic rings. The van der Waals surface area contributed by atoms with E-state index in [4.69, 9.17) is 4.74 Å². The largest absolute Gasteiger partial charge is 0.455 e. The molecule has 1 aromatic rings. The van der Waals surface area contributed by atoms with E-state index in [0.29, 0.717) is 6.42 Å². The number of esters is 1. The van der Waals surface area contributed by atoms with E-state index >= 15 is 0 Å². The summed E-state index contributed by atoms with van der Waals surface area (Å²) in [4.78, 5) is 12.3. The molecule has 0 heterocycles. The molecule has 1 rings (SSSR count). The molecule has 2 nitrogen and oxygen atoms in total. The standard InChI is InChI=1S/C28H48O2/c1-5-6-7-8-9-10-11-12-13-14-15-16-17-18-19-24-27(29)30-28(3,4)26-23-21-20-22-25(26)2/h20-23H,5-19,24H2,1-4H3. The fourth-order valence-electron chi connectivity index (χ4n) is 4.28. The smallest absolute Gasteiger partial charge is 0.306 e. The molecule has 0 spiro atoms. The summed E-state index contributed by atoms with van der Waals surface area (Å²) in [6.07, 6.45) is 20.6. The van der Waals surface area contributed by atoms with Crippen LogP contribution >= 0.6 is 0 Å². The van der Waals surface area contributed by atoms with Crippen LogP contribution in [-0.2, 0) is 15.1 Å². The highest BCUT2D eigenvalue weighted by Gasteiger charge is 2.26. The Balaban J connectivity index is 1.95. The van der Waals surface area contributed by atoms with Crippen molar-refractivity contribution in [2.45, 2.75) is 136 Å². The number of carbonyl (C=O) groups excluding carboxylic acids is 1. The normalized spacial score (nSPS) is 11.6. The second-order valence-corrected chi connectivity index (χ2v) is 9.50. The minimum absolute atomic E-state index is 0.0713. The van der Waals surface area contributed by atoms with Crippen molar-refractivity contribution >= 4 is 5.97 Å². The first kappa shape index (κ1) is 26.7. The Morgan fingerprint density at radius 1 is 0.733 bits per heavy atom. The maximum absolute atomic E-state index is 12.3. The summed E-state index contributed by atoms with van der Waals surface area (Å²) in [6.45, 7) is 8.32. The van der Waals surface area contributed by atoms with Gasteiger partial charge in [0.15, 0.2) is 0 Å². The number of hydrogen-bond donors (Lipinski definition) is 0. The Labute approximate surface area is 187 Å². The molecular weight excluding hydrogens is 368 g/mol. The molecule has 0 aliphatic heterocycles. The fourth-order valence-corrected chi connectivity index (χ4v) is 4.28. The number of rotatable bonds is 18. The Bertz CT molecular complexity index is 562. The summed E-state index contributed by atoms with van der Waals surface area (Å²) in [6, 6.07) is 8.15. The molecule has 0 aliphatic carbocycles. The van der Waals surface area contributed by atoms with E-state index in [1.54, 1.807) is 0 Å². The SMILES string of the molecule is CCCCCCCCCCCCCCCCCC(=O)OC(C)(C)c1ccccc1C. The lowest BCUT2D eigenvalue weighted by Gasteiger charge is -2.27. The third kappa shape index (κ3) is 12.4. The van der Waals surface area contributed by atoms with Gasteiger partial charge < -0.3 is 4.74 Å². The quantitative estimate of drug-likeness (QED) is 0.176. The zero-order chi connectivity index (χ0) is 22.1. The van der Waals surface area contributed by atoms with E-state index in [0.717, 1.165) is 18.4 Å². The molecule has 172 valence electrons. The van der Waals surface area contributed by atoms with Crippen LogP contribution in [0.2, 0.25) is 0 Å². The molecule has 0 saturated carbocycles. The fraction of sp³-hybridized carbons (Fsp3) is 0.750. The zero-order valence-electron chi connectivity index (χ0n) is 20.4. The van der Waals surface area contributed by atoms with E-state index in [-0.39, 0.29) is 5.97 Å². The first-order valence-corrected chi connectivity index (χ1v) is 12.8. The van der Waals surface area contributed by atoms with Crippen LogP contribution in [0, 0.1) is 6.92 Å². The van der Waals surface area contributed by atoms with Crippen molar-refractivity contribution in [2.75, 3.05) is 0 Å². The first-order chi connectivity index (χ1) is 14.5. The predicted molar refractivity (Wildman–Crippen MR) is 130 cm³/mol. The summed E-state index contributed by atoms with van der Waals surface area (Å²) < 4.78 is 5.78. The van der Waals surface area contributed by atoms with E-state index in [9.17, 15) is 4.79 Å². The van der Waals surface area contributed by atoms with Gasteiger partial charge in [0, 0.05) is 6.42 Å². The van der Waals surface area contributed by atoms with Gasteiger partial charge in [0.05, 0.1) is 0 Å². The van der Waals surface area contributed by atoms with Gasteiger partial charge >= 0.3 is 5.97 Å². The lowest BCUT2D eigenvalue weighted by molar-refractivity contribution is -0.157. The molecule has 0 radical (unpaired) electrons. The summed E-state index contributed by atoms with van der Waals surface area (Å²) in [7, 11) is 0. The van der Waals surface area contributed by atoms with Crippen LogP contribution in [0.15, 0.2) is 24.3 Å². The van der Waals surface area contributed by atoms with Crippen LogP contribution in [0.1, 0.15) is 135 Å². The maximum Gasteiger partial charge on any atom is 0.306 e. The van der Waals surface area contributed by atoms with Crippen LogP contribution < -0.4 is 0 Å². The number of aryl methyl sites for hydroxylation is 1. The van der Waals surface area contributed by atoms with Crippen molar-refractivity contribution in [2.24, 2.45) is 0 Å². The van der Waals surface area contributed by atoms with Gasteiger partial charge in [-0.25, -0.2) is 0 Å². The van der Waals surface area contributed by atoms with Crippen LogP contribution in [0.4, 0.5) is 0 Å². The number of carbonyl (C=O) groups is 1. The van der Waals surface area contributed by atoms with Gasteiger partial charge in [-0.3, -0.25) is 4.79 Å². The van der Waals surface area contributed by atoms with Crippen molar-refractivity contribution in [1.29, 1.82) is 0 Å². The van der Waals surface area contributed by atoms with Crippen molar-refractivity contribution in [3.8, 4) is 0 Å². The predicted octanol–water partition coefficient (Wildman–Crippen LogP) is 9.03.